The van der Waals surface area contributed by atoms with Gasteiger partial charge in [0.2, 0.25) is 0 Å². The maximum absolute atomic E-state index is 13.9. The van der Waals surface area contributed by atoms with E-state index in [1.54, 1.807) is 6.07 Å². The number of nitrogens with zero attached hydrogens (tertiary/aromatic N) is 3. The van der Waals surface area contributed by atoms with Crippen LogP contribution in [-0.2, 0) is 12.0 Å². The van der Waals surface area contributed by atoms with Crippen molar-refractivity contribution < 1.29 is 36.6 Å². The molecule has 0 fully saturated rings. The zero-order chi connectivity index (χ0) is 21.9. The molecule has 0 saturated heterocycles. The Balaban J connectivity index is 2.20. The minimum atomic E-state index is -5.57. The molecule has 2 N–H and O–H groups in total. The molecule has 0 amide bonds. The van der Waals surface area contributed by atoms with E-state index in [0.717, 1.165) is 12.3 Å². The Hall–Kier alpha value is -3.18. The van der Waals surface area contributed by atoms with Crippen LogP contribution in [0.4, 0.5) is 26.3 Å². The van der Waals surface area contributed by atoms with Crippen LogP contribution >= 0.6 is 0 Å². The molecule has 156 valence electrons. The minimum Gasteiger partial charge on any atom is -0.355 e. The number of para-hydroxylation sites is 1. The predicted octanol–water partition coefficient (Wildman–Crippen LogP) is 4.29. The van der Waals surface area contributed by atoms with E-state index in [0.29, 0.717) is 10.7 Å². The first kappa shape index (κ1) is 20.1. The number of aromatic nitrogens is 3. The lowest BCUT2D eigenvalue weighted by molar-refractivity contribution is -0.357. The molecule has 0 aliphatic heterocycles. The molecule has 0 aliphatic rings. The maximum atomic E-state index is 13.9. The van der Waals surface area contributed by atoms with Gasteiger partial charge in [-0.15, -0.1) is 0 Å². The monoisotopic (exact) mass is 427 g/mol. The number of halogens is 6. The van der Waals surface area contributed by atoms with Crippen LogP contribution in [0.2, 0.25) is 0 Å². The fraction of sp³-hybridized carbons (Fsp3) is 0.158. The Kier molecular flexibility index (Phi) is 4.30. The number of aliphatic hydroxyl groups is 2. The Bertz CT molecular complexity index is 1250. The molecule has 4 aromatic rings. The van der Waals surface area contributed by atoms with Gasteiger partial charge in [-0.05, 0) is 24.3 Å². The number of hydrogen-bond acceptors (Lipinski definition) is 4. The summed E-state index contributed by atoms with van der Waals surface area (Å²) < 4.78 is 82.2. The first-order valence-corrected chi connectivity index (χ1v) is 8.38. The standard InChI is InChI=1S/C19H11F6N3O2/c20-18(21,22)16-12-9-13(17(29,30)19(23,24)25)11-7-4-8-26-14(11)15(12)27-28(16)10-5-2-1-3-6-10/h1-9,29-30H. The van der Waals surface area contributed by atoms with E-state index in [2.05, 4.69) is 10.1 Å². The molecular weight excluding hydrogens is 416 g/mol. The van der Waals surface area contributed by atoms with E-state index < -0.39 is 40.2 Å². The quantitative estimate of drug-likeness (QED) is 0.370. The highest BCUT2D eigenvalue weighted by Crippen LogP contribution is 2.44. The van der Waals surface area contributed by atoms with Crippen molar-refractivity contribution in [2.45, 2.75) is 18.1 Å². The van der Waals surface area contributed by atoms with Crippen LogP contribution in [0.5, 0.6) is 0 Å². The molecule has 0 unspecified atom stereocenters. The lowest BCUT2D eigenvalue weighted by Gasteiger charge is -2.26. The van der Waals surface area contributed by atoms with Gasteiger partial charge in [0.25, 0.3) is 5.79 Å². The largest absolute Gasteiger partial charge is 0.447 e. The van der Waals surface area contributed by atoms with E-state index in [1.165, 1.54) is 30.3 Å². The fourth-order valence-electron chi connectivity index (χ4n) is 3.25. The third kappa shape index (κ3) is 2.97. The highest BCUT2D eigenvalue weighted by molar-refractivity contribution is 6.06. The molecule has 0 spiro atoms. The van der Waals surface area contributed by atoms with E-state index in [4.69, 9.17) is 0 Å². The number of pyridine rings is 1. The lowest BCUT2D eigenvalue weighted by Crippen LogP contribution is -2.42. The maximum Gasteiger partial charge on any atom is 0.447 e. The molecule has 2 heterocycles. The highest BCUT2D eigenvalue weighted by atomic mass is 19.4. The second kappa shape index (κ2) is 6.41. The minimum absolute atomic E-state index is 0.0155. The summed E-state index contributed by atoms with van der Waals surface area (Å²) in [5, 5.41) is 22.4. The van der Waals surface area contributed by atoms with Gasteiger partial charge in [0.05, 0.1) is 11.2 Å². The molecule has 0 radical (unpaired) electrons. The highest BCUT2D eigenvalue weighted by Gasteiger charge is 2.55. The zero-order valence-corrected chi connectivity index (χ0v) is 14.7. The topological polar surface area (TPSA) is 71.2 Å². The molecule has 5 nitrogen and oxygen atoms in total. The first-order chi connectivity index (χ1) is 13.9. The van der Waals surface area contributed by atoms with Crippen LogP contribution in [0.25, 0.3) is 27.5 Å². The van der Waals surface area contributed by atoms with Crippen LogP contribution < -0.4 is 0 Å². The van der Waals surface area contributed by atoms with Gasteiger partial charge in [-0.2, -0.15) is 31.4 Å². The number of benzene rings is 2. The third-order valence-corrected chi connectivity index (χ3v) is 4.57. The van der Waals surface area contributed by atoms with Crippen molar-refractivity contribution in [1.82, 2.24) is 14.8 Å². The van der Waals surface area contributed by atoms with Gasteiger partial charge >= 0.3 is 12.4 Å². The normalized spacial score (nSPS) is 13.3. The summed E-state index contributed by atoms with van der Waals surface area (Å²) in [7, 11) is 0. The summed E-state index contributed by atoms with van der Waals surface area (Å²) in [4.78, 5) is 3.86. The van der Waals surface area contributed by atoms with Crippen molar-refractivity contribution in [3.05, 3.63) is 66.0 Å². The van der Waals surface area contributed by atoms with Crippen LogP contribution in [-0.4, -0.2) is 31.2 Å². The van der Waals surface area contributed by atoms with Gasteiger partial charge in [0.15, 0.2) is 5.69 Å². The number of hydrogen-bond donors (Lipinski definition) is 2. The number of fused-ring (bicyclic) bond motifs is 3. The van der Waals surface area contributed by atoms with E-state index in [1.807, 2.05) is 0 Å². The molecule has 2 aromatic heterocycles. The smallest absolute Gasteiger partial charge is 0.355 e. The number of alkyl halides is 6. The summed E-state index contributed by atoms with van der Waals surface area (Å²) in [6.07, 6.45) is -9.43. The van der Waals surface area contributed by atoms with Crippen LogP contribution in [0.1, 0.15) is 11.3 Å². The van der Waals surface area contributed by atoms with Crippen molar-refractivity contribution in [3.63, 3.8) is 0 Å². The second-order valence-corrected chi connectivity index (χ2v) is 6.48. The van der Waals surface area contributed by atoms with Crippen molar-refractivity contribution in [2.24, 2.45) is 0 Å². The van der Waals surface area contributed by atoms with Crippen molar-refractivity contribution in [3.8, 4) is 5.69 Å². The Labute approximate surface area is 163 Å². The fourth-order valence-corrected chi connectivity index (χ4v) is 3.25. The molecule has 30 heavy (non-hydrogen) atoms. The molecule has 0 atom stereocenters. The lowest BCUT2D eigenvalue weighted by atomic mass is 9.96. The average Bonchev–Trinajstić information content (AvgIpc) is 3.07. The summed E-state index contributed by atoms with van der Waals surface area (Å²) in [6.45, 7) is 0. The molecule has 11 heteroatoms. The van der Waals surface area contributed by atoms with Gasteiger partial charge in [0, 0.05) is 22.5 Å². The summed E-state index contributed by atoms with van der Waals surface area (Å²) in [5.74, 6) is -4.40. The molecule has 0 aliphatic carbocycles. The zero-order valence-electron chi connectivity index (χ0n) is 14.7. The van der Waals surface area contributed by atoms with Crippen molar-refractivity contribution in [2.75, 3.05) is 0 Å². The van der Waals surface area contributed by atoms with Crippen LogP contribution in [0, 0.1) is 0 Å². The van der Waals surface area contributed by atoms with Gasteiger partial charge in [-0.1, -0.05) is 24.3 Å². The predicted molar refractivity (Wildman–Crippen MR) is 93.5 cm³/mol. The van der Waals surface area contributed by atoms with Gasteiger partial charge in [-0.25, -0.2) is 4.68 Å². The summed E-state index contributed by atoms with van der Waals surface area (Å²) in [5.41, 5.74) is -3.19. The van der Waals surface area contributed by atoms with Crippen molar-refractivity contribution in [1.29, 1.82) is 0 Å². The van der Waals surface area contributed by atoms with E-state index in [-0.39, 0.29) is 16.7 Å². The van der Waals surface area contributed by atoms with Gasteiger partial charge in [-0.3, -0.25) is 4.98 Å². The van der Waals surface area contributed by atoms with E-state index in [9.17, 15) is 36.6 Å². The van der Waals surface area contributed by atoms with E-state index >= 15 is 0 Å². The van der Waals surface area contributed by atoms with Crippen LogP contribution in [0.3, 0.4) is 0 Å². The Morgan fingerprint density at radius 3 is 2.07 bits per heavy atom. The second-order valence-electron chi connectivity index (χ2n) is 6.48. The van der Waals surface area contributed by atoms with Crippen LogP contribution in [0.15, 0.2) is 54.7 Å². The Morgan fingerprint density at radius 2 is 1.47 bits per heavy atom. The molecule has 0 saturated carbocycles. The molecule has 4 rings (SSSR count). The SMILES string of the molecule is OC(O)(c1cc2c(C(F)(F)F)n(-c3ccccc3)nc2c2ncccc12)C(F)(F)F. The number of rotatable bonds is 2. The Morgan fingerprint density at radius 1 is 0.800 bits per heavy atom. The van der Waals surface area contributed by atoms with Gasteiger partial charge in [0.1, 0.15) is 5.52 Å². The first-order valence-electron chi connectivity index (χ1n) is 8.38. The molecular formula is C19H11F6N3O2. The van der Waals surface area contributed by atoms with Crippen molar-refractivity contribution >= 4 is 21.8 Å². The summed E-state index contributed by atoms with van der Waals surface area (Å²) >= 11 is 0. The average molecular weight is 427 g/mol. The molecule has 0 bridgehead atoms. The van der Waals surface area contributed by atoms with Gasteiger partial charge < -0.3 is 10.2 Å². The third-order valence-electron chi connectivity index (χ3n) is 4.57. The molecule has 2 aromatic carbocycles. The summed E-state index contributed by atoms with van der Waals surface area (Å²) in [6, 6.07) is 9.97.